The number of hydrogen-bond donors (Lipinski definition) is 0. The number of aromatic nitrogens is 3. The average molecular weight is 401 g/mol. The van der Waals surface area contributed by atoms with Gasteiger partial charge in [0.2, 0.25) is 0 Å². The fraction of sp³-hybridized carbons (Fsp3) is 0.357. The second kappa shape index (κ2) is 8.87. The number of aryl methyl sites for hydroxylation is 1. The molecule has 0 fully saturated rings. The minimum Gasteiger partial charge on any atom is -1.00 e. The van der Waals surface area contributed by atoms with Crippen molar-refractivity contribution in [3.8, 4) is 29.0 Å². The van der Waals surface area contributed by atoms with Gasteiger partial charge in [-0.1, -0.05) is 12.8 Å². The van der Waals surface area contributed by atoms with Crippen LogP contribution >= 0.6 is 11.7 Å². The summed E-state index contributed by atoms with van der Waals surface area (Å²) in [5.74, 6) is 6.65. The Bertz CT molecular complexity index is 604. The normalized spacial score (nSPS) is 9.30. The van der Waals surface area contributed by atoms with E-state index in [4.69, 9.17) is 4.74 Å². The molecule has 106 valence electrons. The molecule has 0 aromatic carbocycles. The van der Waals surface area contributed by atoms with Gasteiger partial charge >= 0.3 is 0 Å². The summed E-state index contributed by atoms with van der Waals surface area (Å²) in [7, 11) is 1.98. The van der Waals surface area contributed by atoms with E-state index < -0.39 is 0 Å². The minimum atomic E-state index is 0. The van der Waals surface area contributed by atoms with Crippen molar-refractivity contribution in [1.82, 2.24) is 8.75 Å². The number of rotatable bonds is 4. The van der Waals surface area contributed by atoms with Gasteiger partial charge in [-0.25, -0.2) is 4.57 Å². The van der Waals surface area contributed by atoms with E-state index in [1.807, 2.05) is 43.1 Å². The van der Waals surface area contributed by atoms with Crippen LogP contribution < -0.4 is 33.3 Å². The molecular weight excluding hydrogens is 385 g/mol. The zero-order valence-corrected chi connectivity index (χ0v) is 14.4. The number of nitrogens with zero attached hydrogens (tertiary/aromatic N) is 3. The van der Waals surface area contributed by atoms with Crippen molar-refractivity contribution in [3.63, 3.8) is 0 Å². The fourth-order valence-corrected chi connectivity index (χ4v) is 2.11. The summed E-state index contributed by atoms with van der Waals surface area (Å²) >= 11 is 1.16. The topological polar surface area (TPSA) is 38.9 Å². The summed E-state index contributed by atoms with van der Waals surface area (Å²) in [6.45, 7) is 2.58. The molecule has 0 aliphatic rings. The molecule has 0 atom stereocenters. The summed E-state index contributed by atoms with van der Waals surface area (Å²) in [4.78, 5) is 0. The first-order valence-corrected chi connectivity index (χ1v) is 6.91. The lowest BCUT2D eigenvalue weighted by atomic mass is 10.2. The Hall–Kier alpha value is -1.20. The molecule has 0 N–H and O–H groups in total. The van der Waals surface area contributed by atoms with E-state index in [1.165, 1.54) is 0 Å². The summed E-state index contributed by atoms with van der Waals surface area (Å²) < 4.78 is 16.1. The molecule has 0 aliphatic carbocycles. The van der Waals surface area contributed by atoms with Gasteiger partial charge in [0.1, 0.15) is 13.7 Å². The lowest BCUT2D eigenvalue weighted by molar-refractivity contribution is -0.671. The third-order valence-corrected chi connectivity index (χ3v) is 2.95. The van der Waals surface area contributed by atoms with Crippen LogP contribution in [0.15, 0.2) is 24.5 Å². The number of ether oxygens (including phenoxy) is 1. The Kier molecular flexibility index (Phi) is 7.47. The third-order valence-electron chi connectivity index (χ3n) is 2.44. The van der Waals surface area contributed by atoms with Gasteiger partial charge in [-0.2, -0.15) is 4.37 Å². The van der Waals surface area contributed by atoms with Crippen molar-refractivity contribution >= 4 is 11.7 Å². The molecule has 0 spiro atoms. The number of halogens is 1. The fourth-order valence-electron chi connectivity index (χ4n) is 1.59. The molecule has 4 nitrogen and oxygen atoms in total. The Morgan fingerprint density at radius 1 is 1.35 bits per heavy atom. The van der Waals surface area contributed by atoms with Crippen LogP contribution in [0.2, 0.25) is 0 Å². The molecule has 0 unspecified atom stereocenters. The monoisotopic (exact) mass is 401 g/mol. The van der Waals surface area contributed by atoms with Crippen LogP contribution in [-0.4, -0.2) is 15.4 Å². The molecule has 0 bridgehead atoms. The quantitative estimate of drug-likeness (QED) is 0.292. The van der Waals surface area contributed by atoms with Gasteiger partial charge in [-0.05, 0) is 6.07 Å². The molecule has 2 heterocycles. The zero-order chi connectivity index (χ0) is 13.5. The highest BCUT2D eigenvalue weighted by Gasteiger charge is 2.13. The highest BCUT2D eigenvalue weighted by molar-refractivity contribution is 6.99. The predicted molar refractivity (Wildman–Crippen MR) is 74.7 cm³/mol. The van der Waals surface area contributed by atoms with E-state index in [9.17, 15) is 0 Å². The van der Waals surface area contributed by atoms with Crippen molar-refractivity contribution in [3.05, 3.63) is 24.5 Å². The first-order chi connectivity index (χ1) is 9.31. The standard InChI is InChI=1S/C14H16N3OS.HI/c1-3-4-5-6-10-18-14-13(15-19-16-14)12-8-7-9-17(2)11-12;/h7-9,11H,3,6,10H2,1-2H3;1H/q+1;/p-1. The summed E-state index contributed by atoms with van der Waals surface area (Å²) in [5.41, 5.74) is 1.80. The lowest BCUT2D eigenvalue weighted by Gasteiger charge is -2.01. The van der Waals surface area contributed by atoms with Crippen LogP contribution in [0.25, 0.3) is 11.3 Å². The predicted octanol–water partition coefficient (Wildman–Crippen LogP) is -0.784. The summed E-state index contributed by atoms with van der Waals surface area (Å²) in [6.07, 6.45) is 5.57. The molecule has 6 heteroatoms. The molecule has 0 radical (unpaired) electrons. The van der Waals surface area contributed by atoms with Gasteiger partial charge in [0.05, 0.1) is 17.3 Å². The van der Waals surface area contributed by atoms with E-state index in [2.05, 4.69) is 20.6 Å². The number of hydrogen-bond acceptors (Lipinski definition) is 4. The summed E-state index contributed by atoms with van der Waals surface area (Å²) in [6, 6.07) is 3.98. The molecule has 0 amide bonds. The van der Waals surface area contributed by atoms with E-state index in [1.54, 1.807) is 0 Å². The van der Waals surface area contributed by atoms with Gasteiger partial charge in [0, 0.05) is 18.9 Å². The van der Waals surface area contributed by atoms with Crippen molar-refractivity contribution in [2.75, 3.05) is 6.61 Å². The Balaban J connectivity index is 0.00000200. The van der Waals surface area contributed by atoms with Gasteiger partial charge in [0.15, 0.2) is 18.1 Å². The van der Waals surface area contributed by atoms with Gasteiger partial charge in [-0.15, -0.1) is 10.3 Å². The molecule has 2 aromatic heterocycles. The Morgan fingerprint density at radius 3 is 2.95 bits per heavy atom. The lowest BCUT2D eigenvalue weighted by Crippen LogP contribution is -3.00. The molecular formula is C14H16IN3OS. The minimum absolute atomic E-state index is 0. The highest BCUT2D eigenvalue weighted by atomic mass is 127. The maximum Gasteiger partial charge on any atom is 0.254 e. The van der Waals surface area contributed by atoms with E-state index in [-0.39, 0.29) is 24.0 Å². The van der Waals surface area contributed by atoms with Crippen LogP contribution in [0.5, 0.6) is 5.88 Å². The van der Waals surface area contributed by atoms with Crippen LogP contribution in [0.3, 0.4) is 0 Å². The molecule has 0 aliphatic heterocycles. The Labute approximate surface area is 140 Å². The van der Waals surface area contributed by atoms with Crippen LogP contribution in [0.4, 0.5) is 0 Å². The van der Waals surface area contributed by atoms with Crippen molar-refractivity contribution in [2.45, 2.75) is 19.8 Å². The second-order valence-corrected chi connectivity index (χ2v) is 4.51. The molecule has 20 heavy (non-hydrogen) atoms. The van der Waals surface area contributed by atoms with Crippen molar-refractivity contribution < 1.29 is 33.3 Å². The van der Waals surface area contributed by atoms with Gasteiger partial charge in [0.25, 0.3) is 5.88 Å². The van der Waals surface area contributed by atoms with E-state index in [0.717, 1.165) is 29.4 Å². The zero-order valence-electron chi connectivity index (χ0n) is 11.5. The molecule has 2 rings (SSSR count). The molecule has 0 saturated carbocycles. The van der Waals surface area contributed by atoms with E-state index >= 15 is 0 Å². The third kappa shape index (κ3) is 4.72. The summed E-state index contributed by atoms with van der Waals surface area (Å²) in [5, 5.41) is 0. The molecule has 2 aromatic rings. The number of pyridine rings is 1. The second-order valence-electron chi connectivity index (χ2n) is 3.98. The van der Waals surface area contributed by atoms with E-state index in [0.29, 0.717) is 18.9 Å². The first-order valence-electron chi connectivity index (χ1n) is 6.18. The smallest absolute Gasteiger partial charge is 0.254 e. The van der Waals surface area contributed by atoms with Crippen LogP contribution in [-0.2, 0) is 7.05 Å². The van der Waals surface area contributed by atoms with Gasteiger partial charge in [-0.3, -0.25) is 0 Å². The largest absolute Gasteiger partial charge is 1.00 e. The van der Waals surface area contributed by atoms with Crippen molar-refractivity contribution in [1.29, 1.82) is 0 Å². The maximum absolute atomic E-state index is 5.64. The van der Waals surface area contributed by atoms with Crippen LogP contribution in [0.1, 0.15) is 19.8 Å². The SMILES string of the molecule is CCC#CCCOc1nsnc1-c1ccc[n+](C)c1.[I-]. The van der Waals surface area contributed by atoms with Crippen molar-refractivity contribution in [2.24, 2.45) is 7.05 Å². The molecule has 0 saturated heterocycles. The Morgan fingerprint density at radius 2 is 2.20 bits per heavy atom. The van der Waals surface area contributed by atoms with Crippen LogP contribution in [0, 0.1) is 11.8 Å². The average Bonchev–Trinajstić information content (AvgIpc) is 2.87. The van der Waals surface area contributed by atoms with Gasteiger partial charge < -0.3 is 28.7 Å². The highest BCUT2D eigenvalue weighted by Crippen LogP contribution is 2.26. The maximum atomic E-state index is 5.64. The first kappa shape index (κ1) is 16.9.